The van der Waals surface area contributed by atoms with Crippen molar-refractivity contribution < 1.29 is 18.8 Å². The lowest BCUT2D eigenvalue weighted by molar-refractivity contribution is -0.942. The lowest BCUT2D eigenvalue weighted by Crippen LogP contribution is -2.57. The van der Waals surface area contributed by atoms with Crippen LogP contribution in [0.15, 0.2) is 48.5 Å². The van der Waals surface area contributed by atoms with E-state index in [1.807, 2.05) is 57.2 Å². The SMILES string of the molecule is CCOC(=O)C[N+]1(CC(=O)Nc2c(C)cccc2C)CCCCCC1c1ccccc1. The van der Waals surface area contributed by atoms with Crippen molar-refractivity contribution in [2.45, 2.75) is 52.5 Å². The number of carbonyl (C=O) groups excluding carboxylic acids is 2. The third-order valence-electron chi connectivity index (χ3n) is 6.38. The zero-order valence-corrected chi connectivity index (χ0v) is 19.0. The number of anilines is 1. The zero-order chi connectivity index (χ0) is 22.3. The summed E-state index contributed by atoms with van der Waals surface area (Å²) in [5, 5.41) is 3.14. The maximum Gasteiger partial charge on any atom is 0.361 e. The predicted molar refractivity (Wildman–Crippen MR) is 124 cm³/mol. The summed E-state index contributed by atoms with van der Waals surface area (Å²) in [6, 6.07) is 16.4. The molecule has 0 saturated carbocycles. The maximum atomic E-state index is 13.3. The summed E-state index contributed by atoms with van der Waals surface area (Å²) >= 11 is 0. The molecule has 1 saturated heterocycles. The van der Waals surface area contributed by atoms with E-state index in [1.165, 1.54) is 5.56 Å². The Balaban J connectivity index is 1.94. The Bertz CT molecular complexity index is 877. The van der Waals surface area contributed by atoms with Crippen molar-refractivity contribution in [3.05, 3.63) is 65.2 Å². The first kappa shape index (κ1) is 23.0. The molecule has 1 amide bonds. The van der Waals surface area contributed by atoms with Gasteiger partial charge in [0.05, 0.1) is 13.2 Å². The van der Waals surface area contributed by atoms with Crippen molar-refractivity contribution in [1.29, 1.82) is 0 Å². The number of benzene rings is 2. The number of rotatable bonds is 7. The Morgan fingerprint density at radius 2 is 1.68 bits per heavy atom. The first-order chi connectivity index (χ1) is 14.9. The number of amides is 1. The molecule has 3 rings (SSSR count). The van der Waals surface area contributed by atoms with Crippen molar-refractivity contribution in [1.82, 2.24) is 0 Å². The average Bonchev–Trinajstić information content (AvgIpc) is 2.94. The molecule has 1 fully saturated rings. The number of aryl methyl sites for hydroxylation is 2. The van der Waals surface area contributed by atoms with E-state index < -0.39 is 0 Å². The number of carbonyl (C=O) groups is 2. The van der Waals surface area contributed by atoms with E-state index in [0.29, 0.717) is 11.1 Å². The van der Waals surface area contributed by atoms with E-state index in [1.54, 1.807) is 0 Å². The van der Waals surface area contributed by atoms with Gasteiger partial charge < -0.3 is 14.5 Å². The van der Waals surface area contributed by atoms with Crippen molar-refractivity contribution in [3.63, 3.8) is 0 Å². The highest BCUT2D eigenvalue weighted by Gasteiger charge is 2.43. The van der Waals surface area contributed by atoms with Gasteiger partial charge in [-0.05, 0) is 51.2 Å². The van der Waals surface area contributed by atoms with Crippen LogP contribution < -0.4 is 5.32 Å². The van der Waals surface area contributed by atoms with Gasteiger partial charge >= 0.3 is 5.97 Å². The molecule has 166 valence electrons. The van der Waals surface area contributed by atoms with Gasteiger partial charge in [0.2, 0.25) is 0 Å². The van der Waals surface area contributed by atoms with E-state index in [9.17, 15) is 9.59 Å². The Kier molecular flexibility index (Phi) is 7.85. The van der Waals surface area contributed by atoms with Gasteiger partial charge in [0.1, 0.15) is 6.04 Å². The van der Waals surface area contributed by atoms with E-state index in [0.717, 1.165) is 49.0 Å². The molecule has 0 radical (unpaired) electrons. The monoisotopic (exact) mass is 423 g/mol. The number of nitrogens with one attached hydrogen (secondary N) is 1. The number of esters is 1. The highest BCUT2D eigenvalue weighted by Crippen LogP contribution is 2.37. The van der Waals surface area contributed by atoms with Crippen molar-refractivity contribution in [2.75, 3.05) is 31.6 Å². The minimum Gasteiger partial charge on any atom is -0.462 e. The third kappa shape index (κ3) is 5.73. The van der Waals surface area contributed by atoms with Crippen LogP contribution in [0.4, 0.5) is 5.69 Å². The molecule has 0 bridgehead atoms. The minimum absolute atomic E-state index is 0.0514. The normalized spacial score (nSPS) is 21.2. The van der Waals surface area contributed by atoms with Crippen LogP contribution in [0, 0.1) is 13.8 Å². The van der Waals surface area contributed by atoms with Crippen LogP contribution in [-0.2, 0) is 14.3 Å². The van der Waals surface area contributed by atoms with Crippen LogP contribution in [-0.4, -0.2) is 42.6 Å². The summed E-state index contributed by atoms with van der Waals surface area (Å²) in [6.07, 6.45) is 4.17. The average molecular weight is 424 g/mol. The van der Waals surface area contributed by atoms with Crippen LogP contribution in [0.5, 0.6) is 0 Å². The summed E-state index contributed by atoms with van der Waals surface area (Å²) in [7, 11) is 0. The van der Waals surface area contributed by atoms with E-state index in [-0.39, 0.29) is 31.0 Å². The fourth-order valence-electron chi connectivity index (χ4n) is 4.90. The second-order valence-corrected chi connectivity index (χ2v) is 8.65. The number of hydrogen-bond acceptors (Lipinski definition) is 3. The Morgan fingerprint density at radius 3 is 2.35 bits per heavy atom. The van der Waals surface area contributed by atoms with Gasteiger partial charge in [0.25, 0.3) is 5.91 Å². The van der Waals surface area contributed by atoms with Crippen LogP contribution in [0.3, 0.4) is 0 Å². The van der Waals surface area contributed by atoms with Gasteiger partial charge in [-0.25, -0.2) is 4.79 Å². The molecule has 2 atom stereocenters. The van der Waals surface area contributed by atoms with Gasteiger partial charge in [-0.2, -0.15) is 0 Å². The topological polar surface area (TPSA) is 55.4 Å². The van der Waals surface area contributed by atoms with E-state index >= 15 is 0 Å². The number of hydrogen-bond donors (Lipinski definition) is 1. The maximum absolute atomic E-state index is 13.3. The Morgan fingerprint density at radius 1 is 0.968 bits per heavy atom. The van der Waals surface area contributed by atoms with E-state index in [2.05, 4.69) is 17.4 Å². The molecule has 1 aliphatic rings. The lowest BCUT2D eigenvalue weighted by atomic mass is 9.98. The third-order valence-corrected chi connectivity index (χ3v) is 6.38. The highest BCUT2D eigenvalue weighted by molar-refractivity contribution is 5.93. The summed E-state index contributed by atoms with van der Waals surface area (Å²) < 4.78 is 5.76. The number of para-hydroxylation sites is 1. The molecule has 2 unspecified atom stereocenters. The quantitative estimate of drug-likeness (QED) is 0.507. The highest BCUT2D eigenvalue weighted by atomic mass is 16.5. The zero-order valence-electron chi connectivity index (χ0n) is 19.0. The first-order valence-corrected chi connectivity index (χ1v) is 11.4. The number of nitrogens with zero attached hydrogens (tertiary/aromatic N) is 1. The molecule has 1 aliphatic heterocycles. The number of ether oxygens (including phenoxy) is 1. The molecule has 1 heterocycles. The van der Waals surface area contributed by atoms with Gasteiger partial charge in [-0.3, -0.25) is 4.79 Å². The Labute approximate surface area is 186 Å². The van der Waals surface area contributed by atoms with Crippen molar-refractivity contribution >= 4 is 17.6 Å². The van der Waals surface area contributed by atoms with Crippen molar-refractivity contribution in [2.24, 2.45) is 0 Å². The van der Waals surface area contributed by atoms with Gasteiger partial charge in [0, 0.05) is 17.7 Å². The van der Waals surface area contributed by atoms with E-state index in [4.69, 9.17) is 4.74 Å². The smallest absolute Gasteiger partial charge is 0.361 e. The first-order valence-electron chi connectivity index (χ1n) is 11.4. The second-order valence-electron chi connectivity index (χ2n) is 8.65. The fourth-order valence-corrected chi connectivity index (χ4v) is 4.90. The summed E-state index contributed by atoms with van der Waals surface area (Å²) in [4.78, 5) is 26.0. The van der Waals surface area contributed by atoms with Gasteiger partial charge in [-0.15, -0.1) is 0 Å². The van der Waals surface area contributed by atoms with Crippen LogP contribution in [0.1, 0.15) is 55.3 Å². The number of quaternary nitrogens is 1. The molecule has 2 aromatic carbocycles. The molecule has 5 nitrogen and oxygen atoms in total. The number of likely N-dealkylation sites (tertiary alicyclic amines) is 1. The molecule has 0 spiro atoms. The molecule has 31 heavy (non-hydrogen) atoms. The van der Waals surface area contributed by atoms with Crippen molar-refractivity contribution in [3.8, 4) is 0 Å². The second kappa shape index (κ2) is 10.6. The van der Waals surface area contributed by atoms with Gasteiger partial charge in [-0.1, -0.05) is 48.5 Å². The predicted octanol–water partition coefficient (Wildman–Crippen LogP) is 4.94. The molecule has 5 heteroatoms. The van der Waals surface area contributed by atoms with Crippen LogP contribution in [0.25, 0.3) is 0 Å². The van der Waals surface area contributed by atoms with Crippen LogP contribution in [0.2, 0.25) is 0 Å². The molecule has 1 N–H and O–H groups in total. The standard InChI is InChI=1S/C26H34N2O3/c1-4-31-25(30)19-28(18-24(29)27-26-20(2)12-11-13-21(26)3)17-10-6-9-16-23(28)22-14-7-5-8-15-22/h5,7-8,11-15,23H,4,6,9-10,16-19H2,1-3H3/p+1. The molecule has 0 aromatic heterocycles. The molecule has 2 aromatic rings. The largest absolute Gasteiger partial charge is 0.462 e. The fraction of sp³-hybridized carbons (Fsp3) is 0.462. The summed E-state index contributed by atoms with van der Waals surface area (Å²) in [5.41, 5.74) is 4.14. The minimum atomic E-state index is -0.231. The van der Waals surface area contributed by atoms with Crippen LogP contribution >= 0.6 is 0 Å². The lowest BCUT2D eigenvalue weighted by Gasteiger charge is -2.43. The molecular weight excluding hydrogens is 388 g/mol. The van der Waals surface area contributed by atoms with Gasteiger partial charge in [0.15, 0.2) is 13.1 Å². The summed E-state index contributed by atoms with van der Waals surface area (Å²) in [6.45, 7) is 7.45. The molecular formula is C26H35N2O3+. The molecule has 0 aliphatic carbocycles. The Hall–Kier alpha value is -2.66. The summed E-state index contributed by atoms with van der Waals surface area (Å²) in [5.74, 6) is -0.283.